The molecule has 0 aliphatic carbocycles. The number of amides is 1. The third kappa shape index (κ3) is 5.04. The molecule has 0 radical (unpaired) electrons. The van der Waals surface area contributed by atoms with Crippen LogP contribution < -0.4 is 5.32 Å². The van der Waals surface area contributed by atoms with E-state index in [1.165, 1.54) is 37.0 Å². The lowest BCUT2D eigenvalue weighted by molar-refractivity contribution is -0.384. The maximum Gasteiger partial charge on any atom is 0.357 e. The number of nitro benzene ring substituents is 1. The van der Waals surface area contributed by atoms with Crippen molar-refractivity contribution in [1.82, 2.24) is 9.55 Å². The van der Waals surface area contributed by atoms with E-state index in [9.17, 15) is 19.7 Å². The van der Waals surface area contributed by atoms with E-state index >= 15 is 0 Å². The van der Waals surface area contributed by atoms with Crippen LogP contribution in [0, 0.1) is 10.1 Å². The smallest absolute Gasteiger partial charge is 0.357 e. The van der Waals surface area contributed by atoms with Crippen molar-refractivity contribution >= 4 is 46.6 Å². The molecule has 3 rings (SSSR count). The summed E-state index contributed by atoms with van der Waals surface area (Å²) in [4.78, 5) is 39.6. The second-order valence-corrected chi connectivity index (χ2v) is 7.44. The molecule has 2 aromatic carbocycles. The van der Waals surface area contributed by atoms with Crippen LogP contribution in [-0.2, 0) is 9.53 Å². The van der Waals surface area contributed by atoms with Crippen molar-refractivity contribution < 1.29 is 19.2 Å². The highest BCUT2D eigenvalue weighted by Gasteiger charge is 2.24. The van der Waals surface area contributed by atoms with Crippen LogP contribution in [-0.4, -0.2) is 38.7 Å². The lowest BCUT2D eigenvalue weighted by Crippen LogP contribution is -2.30. The fourth-order valence-corrected chi connectivity index (χ4v) is 3.44. The zero-order valence-electron chi connectivity index (χ0n) is 16.4. The molecule has 0 aliphatic heterocycles. The van der Waals surface area contributed by atoms with Gasteiger partial charge in [0.25, 0.3) is 11.6 Å². The first-order valence-electron chi connectivity index (χ1n) is 8.94. The summed E-state index contributed by atoms with van der Waals surface area (Å²) in [6.45, 7) is 1.41. The molecule has 1 unspecified atom stereocenters. The molecule has 1 heterocycles. The van der Waals surface area contributed by atoms with E-state index in [1.54, 1.807) is 4.57 Å². The number of carbonyl (C=O) groups is 2. The molecule has 1 atom stereocenters. The second kappa shape index (κ2) is 9.63. The number of nitro groups is 1. The number of non-ortho nitro benzene ring substituents is 1. The summed E-state index contributed by atoms with van der Waals surface area (Å²) in [7, 11) is 0. The minimum absolute atomic E-state index is 0.00663. The molecule has 1 N–H and O–H groups in total. The fourth-order valence-electron chi connectivity index (χ4n) is 2.68. The number of esters is 1. The largest absolute Gasteiger partial charge is 0.448 e. The monoisotopic (exact) mass is 460 g/mol. The number of nitrogens with zero attached hydrogens (tertiary/aromatic N) is 3. The van der Waals surface area contributed by atoms with Crippen molar-refractivity contribution in [2.24, 2.45) is 0 Å². The zero-order valence-corrected chi connectivity index (χ0v) is 18.0. The van der Waals surface area contributed by atoms with Crippen molar-refractivity contribution in [3.63, 3.8) is 0 Å². The van der Waals surface area contributed by atoms with Gasteiger partial charge in [0.2, 0.25) is 0 Å². The van der Waals surface area contributed by atoms with E-state index in [-0.39, 0.29) is 22.1 Å². The normalized spacial score (nSPS) is 11.6. The predicted octanol–water partition coefficient (Wildman–Crippen LogP) is 4.34. The van der Waals surface area contributed by atoms with Gasteiger partial charge in [-0.05, 0) is 31.4 Å². The topological polar surface area (TPSA) is 116 Å². The maximum atomic E-state index is 12.7. The van der Waals surface area contributed by atoms with Crippen molar-refractivity contribution in [1.29, 1.82) is 0 Å². The summed E-state index contributed by atoms with van der Waals surface area (Å²) in [6, 6.07) is 12.8. The first-order chi connectivity index (χ1) is 14.8. The molecule has 3 aromatic rings. The predicted molar refractivity (Wildman–Crippen MR) is 117 cm³/mol. The highest BCUT2D eigenvalue weighted by atomic mass is 35.5. The Labute approximate surface area is 186 Å². The first kappa shape index (κ1) is 22.3. The van der Waals surface area contributed by atoms with Crippen LogP contribution >= 0.6 is 23.4 Å². The Kier molecular flexibility index (Phi) is 6.93. The van der Waals surface area contributed by atoms with E-state index in [2.05, 4.69) is 10.3 Å². The third-order valence-corrected chi connectivity index (χ3v) is 5.18. The number of anilines is 1. The number of aromatic nitrogens is 2. The van der Waals surface area contributed by atoms with E-state index in [4.69, 9.17) is 16.3 Å². The quantitative estimate of drug-likeness (QED) is 0.241. The van der Waals surface area contributed by atoms with Gasteiger partial charge in [-0.2, -0.15) is 0 Å². The van der Waals surface area contributed by atoms with Gasteiger partial charge in [-0.15, -0.1) is 0 Å². The van der Waals surface area contributed by atoms with Gasteiger partial charge in [0.15, 0.2) is 17.0 Å². The van der Waals surface area contributed by atoms with E-state index in [1.807, 2.05) is 36.6 Å². The van der Waals surface area contributed by atoms with Crippen LogP contribution in [0.25, 0.3) is 5.69 Å². The number of ether oxygens (including phenoxy) is 1. The fraction of sp³-hybridized carbons (Fsp3) is 0.150. The lowest BCUT2D eigenvalue weighted by atomic mass is 10.2. The van der Waals surface area contributed by atoms with E-state index in [0.29, 0.717) is 5.16 Å². The number of thioether (sulfide) groups is 1. The Morgan fingerprint density at radius 2 is 1.97 bits per heavy atom. The van der Waals surface area contributed by atoms with Gasteiger partial charge < -0.3 is 10.1 Å². The van der Waals surface area contributed by atoms with Crippen LogP contribution in [0.4, 0.5) is 11.4 Å². The second-order valence-electron chi connectivity index (χ2n) is 6.26. The van der Waals surface area contributed by atoms with Crippen LogP contribution in [0.15, 0.2) is 59.9 Å². The van der Waals surface area contributed by atoms with Crippen molar-refractivity contribution in [3.05, 3.63) is 75.6 Å². The summed E-state index contributed by atoms with van der Waals surface area (Å²) in [5.41, 5.74) is 0.857. The Bertz CT molecular complexity index is 1140. The average molecular weight is 461 g/mol. The lowest BCUT2D eigenvalue weighted by Gasteiger charge is -2.15. The summed E-state index contributed by atoms with van der Waals surface area (Å²) >= 11 is 7.35. The molecular formula is C20H17ClN4O5S. The third-order valence-electron chi connectivity index (χ3n) is 4.21. The molecule has 9 nitrogen and oxygen atoms in total. The number of benzene rings is 2. The number of hydrogen-bond donors (Lipinski definition) is 1. The summed E-state index contributed by atoms with van der Waals surface area (Å²) < 4.78 is 6.96. The van der Waals surface area contributed by atoms with Crippen LogP contribution in [0.3, 0.4) is 0 Å². The molecule has 0 saturated carbocycles. The highest BCUT2D eigenvalue weighted by Crippen LogP contribution is 2.27. The van der Waals surface area contributed by atoms with Gasteiger partial charge >= 0.3 is 5.97 Å². The molecular weight excluding hydrogens is 444 g/mol. The number of halogens is 1. The summed E-state index contributed by atoms with van der Waals surface area (Å²) in [6.07, 6.45) is 2.07. The number of carbonyl (C=O) groups excluding carboxylic acids is 2. The Hall–Kier alpha value is -3.37. The van der Waals surface area contributed by atoms with Crippen molar-refractivity contribution in [2.45, 2.75) is 18.2 Å². The van der Waals surface area contributed by atoms with Gasteiger partial charge in [-0.25, -0.2) is 9.78 Å². The van der Waals surface area contributed by atoms with Crippen LogP contribution in [0.1, 0.15) is 17.4 Å². The molecule has 1 amide bonds. The number of imidazole rings is 1. The highest BCUT2D eigenvalue weighted by molar-refractivity contribution is 7.98. The van der Waals surface area contributed by atoms with Gasteiger partial charge in [0.1, 0.15) is 0 Å². The SMILES string of the molecule is CSc1ncc(C(=O)OC(C)C(=O)Nc2ccc([N+](=O)[O-])cc2Cl)n1-c1ccccc1. The summed E-state index contributed by atoms with van der Waals surface area (Å²) in [5.74, 6) is -1.37. The number of hydrogen-bond acceptors (Lipinski definition) is 7. The zero-order chi connectivity index (χ0) is 22.5. The Morgan fingerprint density at radius 1 is 1.26 bits per heavy atom. The molecule has 0 aliphatic rings. The molecule has 11 heteroatoms. The Morgan fingerprint density at radius 3 is 2.58 bits per heavy atom. The van der Waals surface area contributed by atoms with Gasteiger partial charge in [0, 0.05) is 17.8 Å². The minimum atomic E-state index is -1.16. The number of nitrogens with one attached hydrogen (secondary N) is 1. The molecule has 0 bridgehead atoms. The van der Waals surface area contributed by atoms with Gasteiger partial charge in [-0.3, -0.25) is 19.5 Å². The standard InChI is InChI=1S/C20H17ClN4O5S/c1-12(18(26)23-16-9-8-14(25(28)29)10-15(16)21)30-19(27)17-11-22-20(31-2)24(17)13-6-4-3-5-7-13/h3-12H,1-2H3,(H,23,26). The maximum absolute atomic E-state index is 12.7. The molecule has 0 saturated heterocycles. The van der Waals surface area contributed by atoms with Crippen LogP contribution in [0.5, 0.6) is 0 Å². The number of rotatable bonds is 7. The molecule has 1 aromatic heterocycles. The van der Waals surface area contributed by atoms with Crippen LogP contribution in [0.2, 0.25) is 5.02 Å². The first-order valence-corrected chi connectivity index (χ1v) is 10.5. The van der Waals surface area contributed by atoms with Gasteiger partial charge in [-0.1, -0.05) is 41.6 Å². The number of para-hydroxylation sites is 1. The molecule has 0 fully saturated rings. The molecule has 31 heavy (non-hydrogen) atoms. The van der Waals surface area contributed by atoms with E-state index < -0.39 is 22.9 Å². The summed E-state index contributed by atoms with van der Waals surface area (Å²) in [5, 5.41) is 13.9. The molecule has 0 spiro atoms. The van der Waals surface area contributed by atoms with E-state index in [0.717, 1.165) is 11.8 Å². The van der Waals surface area contributed by atoms with Crippen molar-refractivity contribution in [3.8, 4) is 5.69 Å². The van der Waals surface area contributed by atoms with Gasteiger partial charge in [0.05, 0.1) is 21.8 Å². The van der Waals surface area contributed by atoms with Crippen molar-refractivity contribution in [2.75, 3.05) is 11.6 Å². The minimum Gasteiger partial charge on any atom is -0.448 e. The average Bonchev–Trinajstić information content (AvgIpc) is 3.19. The Balaban J connectivity index is 1.75. The molecule has 160 valence electrons.